The Morgan fingerprint density at radius 1 is 0.840 bits per heavy atom. The average Bonchev–Trinajstić information content (AvgIpc) is 3.56. The third-order valence-corrected chi connectivity index (χ3v) is 4.64. The molecule has 0 amide bonds. The fourth-order valence-electron chi connectivity index (χ4n) is 3.11. The average molecular weight is 334 g/mol. The molecule has 0 N–H and O–H groups in total. The molecule has 25 heavy (non-hydrogen) atoms. The molecule has 2 aromatic carbocycles. The molecule has 0 aromatic heterocycles. The van der Waals surface area contributed by atoms with Gasteiger partial charge in [-0.05, 0) is 34.4 Å². The number of rotatable bonds is 8. The summed E-state index contributed by atoms with van der Waals surface area (Å²) in [7, 11) is 0. The maximum atomic E-state index is 6.55. The van der Waals surface area contributed by atoms with Crippen molar-refractivity contribution in [2.24, 2.45) is 0 Å². The van der Waals surface area contributed by atoms with Crippen LogP contribution >= 0.6 is 0 Å². The molecular formula is C22H22O3. The lowest BCUT2D eigenvalue weighted by Gasteiger charge is -2.24. The minimum atomic E-state index is -0.110. The zero-order valence-electron chi connectivity index (χ0n) is 14.1. The lowest BCUT2D eigenvalue weighted by atomic mass is 10.0. The zero-order chi connectivity index (χ0) is 17.2. The molecule has 2 aromatic rings. The monoisotopic (exact) mass is 334 g/mol. The molecule has 2 heterocycles. The van der Waals surface area contributed by atoms with Crippen LogP contribution in [0.1, 0.15) is 34.5 Å². The second kappa shape index (κ2) is 6.96. The van der Waals surface area contributed by atoms with Crippen LogP contribution in [0.4, 0.5) is 0 Å². The third-order valence-electron chi connectivity index (χ3n) is 4.64. The standard InChI is InChI=1S/C22H22O3/c1-3-15-7-5-9-17(11-15)21(19-13-23-19)25-22(20-14-24-20)18-10-6-8-16(4-2)12-18/h3-12,19-22H,1-2,13-14H2. The molecule has 0 radical (unpaired) electrons. The highest BCUT2D eigenvalue weighted by atomic mass is 16.6. The number of ether oxygens (including phenoxy) is 3. The molecule has 2 fully saturated rings. The summed E-state index contributed by atoms with van der Waals surface area (Å²) in [5, 5.41) is 0. The van der Waals surface area contributed by atoms with E-state index >= 15 is 0 Å². The molecule has 0 aliphatic carbocycles. The van der Waals surface area contributed by atoms with Crippen molar-refractivity contribution >= 4 is 12.2 Å². The molecule has 0 spiro atoms. The number of benzene rings is 2. The molecule has 128 valence electrons. The molecular weight excluding hydrogens is 312 g/mol. The first-order valence-corrected chi connectivity index (χ1v) is 8.62. The zero-order valence-corrected chi connectivity index (χ0v) is 14.1. The van der Waals surface area contributed by atoms with E-state index in [0.29, 0.717) is 0 Å². The SMILES string of the molecule is C=Cc1cccc(C(OC(c2cccc(C=C)c2)C2CO2)C2CO2)c1. The smallest absolute Gasteiger partial charge is 0.112 e. The van der Waals surface area contributed by atoms with Crippen molar-refractivity contribution in [3.05, 3.63) is 83.9 Å². The van der Waals surface area contributed by atoms with Gasteiger partial charge in [0.1, 0.15) is 24.4 Å². The Hall–Kier alpha value is -2.20. The number of hydrogen-bond donors (Lipinski definition) is 0. The van der Waals surface area contributed by atoms with Crippen molar-refractivity contribution in [2.45, 2.75) is 24.4 Å². The predicted molar refractivity (Wildman–Crippen MR) is 99.1 cm³/mol. The molecule has 3 nitrogen and oxygen atoms in total. The van der Waals surface area contributed by atoms with Gasteiger partial charge in [-0.15, -0.1) is 0 Å². The van der Waals surface area contributed by atoms with Gasteiger partial charge in [-0.1, -0.05) is 61.7 Å². The van der Waals surface area contributed by atoms with E-state index in [-0.39, 0.29) is 24.4 Å². The second-order valence-electron chi connectivity index (χ2n) is 6.47. The highest BCUT2D eigenvalue weighted by molar-refractivity contribution is 5.49. The van der Waals surface area contributed by atoms with E-state index in [4.69, 9.17) is 14.2 Å². The summed E-state index contributed by atoms with van der Waals surface area (Å²) in [6.07, 6.45) is 3.68. The number of epoxide rings is 2. The molecule has 0 saturated carbocycles. The van der Waals surface area contributed by atoms with Crippen LogP contribution in [-0.4, -0.2) is 25.4 Å². The first-order valence-electron chi connectivity index (χ1n) is 8.62. The first-order chi connectivity index (χ1) is 12.3. The maximum absolute atomic E-state index is 6.55. The Balaban J connectivity index is 1.62. The summed E-state index contributed by atoms with van der Waals surface area (Å²) in [5.74, 6) is 0. The molecule has 2 saturated heterocycles. The summed E-state index contributed by atoms with van der Waals surface area (Å²) in [6, 6.07) is 16.5. The Bertz CT molecular complexity index is 709. The van der Waals surface area contributed by atoms with Crippen molar-refractivity contribution in [3.8, 4) is 0 Å². The minimum absolute atomic E-state index is 0.101. The van der Waals surface area contributed by atoms with Crippen molar-refractivity contribution in [1.82, 2.24) is 0 Å². The fraction of sp³-hybridized carbons (Fsp3) is 0.273. The molecule has 0 bridgehead atoms. The quantitative estimate of drug-likeness (QED) is 0.663. The van der Waals surface area contributed by atoms with E-state index in [9.17, 15) is 0 Å². The van der Waals surface area contributed by atoms with Crippen LogP contribution in [0.3, 0.4) is 0 Å². The largest absolute Gasteiger partial charge is 0.370 e. The fourth-order valence-corrected chi connectivity index (χ4v) is 3.11. The highest BCUT2D eigenvalue weighted by Crippen LogP contribution is 2.40. The van der Waals surface area contributed by atoms with E-state index < -0.39 is 0 Å². The topological polar surface area (TPSA) is 34.3 Å². The summed E-state index contributed by atoms with van der Waals surface area (Å²) in [6.45, 7) is 9.17. The molecule has 3 heteroatoms. The van der Waals surface area contributed by atoms with Gasteiger partial charge in [0.25, 0.3) is 0 Å². The molecule has 2 aliphatic heterocycles. The van der Waals surface area contributed by atoms with Crippen molar-refractivity contribution in [2.75, 3.05) is 13.2 Å². The van der Waals surface area contributed by atoms with Crippen molar-refractivity contribution in [1.29, 1.82) is 0 Å². The summed E-state index contributed by atoms with van der Waals surface area (Å²) in [5.41, 5.74) is 4.40. The Labute approximate surface area is 148 Å². The van der Waals surface area contributed by atoms with Crippen molar-refractivity contribution < 1.29 is 14.2 Å². The Morgan fingerprint density at radius 3 is 1.64 bits per heavy atom. The van der Waals surface area contributed by atoms with Crippen molar-refractivity contribution in [3.63, 3.8) is 0 Å². The lowest BCUT2D eigenvalue weighted by molar-refractivity contribution is -0.0419. The first kappa shape index (κ1) is 16.3. The minimum Gasteiger partial charge on any atom is -0.370 e. The Morgan fingerprint density at radius 2 is 1.28 bits per heavy atom. The highest BCUT2D eigenvalue weighted by Gasteiger charge is 2.42. The second-order valence-corrected chi connectivity index (χ2v) is 6.47. The predicted octanol–water partition coefficient (Wildman–Crippen LogP) is 4.57. The summed E-state index contributed by atoms with van der Waals surface area (Å²) >= 11 is 0. The molecule has 4 rings (SSSR count). The van der Waals surface area contributed by atoms with Gasteiger partial charge in [0.2, 0.25) is 0 Å². The van der Waals surface area contributed by atoms with E-state index in [1.54, 1.807) is 0 Å². The van der Waals surface area contributed by atoms with Crippen LogP contribution in [0.5, 0.6) is 0 Å². The lowest BCUT2D eigenvalue weighted by Crippen LogP contribution is -2.19. The van der Waals surface area contributed by atoms with Gasteiger partial charge in [0.05, 0.1) is 13.2 Å². The van der Waals surface area contributed by atoms with Crippen LogP contribution in [0.2, 0.25) is 0 Å². The third kappa shape index (κ3) is 3.74. The summed E-state index contributed by atoms with van der Waals surface area (Å²) < 4.78 is 17.7. The van der Waals surface area contributed by atoms with Gasteiger partial charge in [0.15, 0.2) is 0 Å². The van der Waals surface area contributed by atoms with E-state index in [2.05, 4.69) is 37.4 Å². The Kier molecular flexibility index (Phi) is 4.53. The normalized spacial score (nSPS) is 23.5. The van der Waals surface area contributed by atoms with Crippen LogP contribution in [-0.2, 0) is 14.2 Å². The van der Waals surface area contributed by atoms with Gasteiger partial charge >= 0.3 is 0 Å². The van der Waals surface area contributed by atoms with E-state index in [0.717, 1.165) is 35.5 Å². The molecule has 4 unspecified atom stereocenters. The van der Waals surface area contributed by atoms with Gasteiger partial charge in [-0.2, -0.15) is 0 Å². The van der Waals surface area contributed by atoms with E-state index in [1.165, 1.54) is 0 Å². The van der Waals surface area contributed by atoms with Crippen LogP contribution in [0.15, 0.2) is 61.7 Å². The molecule has 2 aliphatic rings. The van der Waals surface area contributed by atoms with Gasteiger partial charge in [-0.25, -0.2) is 0 Å². The van der Waals surface area contributed by atoms with Crippen LogP contribution in [0, 0.1) is 0 Å². The van der Waals surface area contributed by atoms with Crippen LogP contribution < -0.4 is 0 Å². The summed E-state index contributed by atoms with van der Waals surface area (Å²) in [4.78, 5) is 0. The number of hydrogen-bond acceptors (Lipinski definition) is 3. The van der Waals surface area contributed by atoms with E-state index in [1.807, 2.05) is 36.4 Å². The maximum Gasteiger partial charge on any atom is 0.112 e. The van der Waals surface area contributed by atoms with Crippen LogP contribution in [0.25, 0.3) is 12.2 Å². The molecule has 4 atom stereocenters. The van der Waals surface area contributed by atoms with Gasteiger partial charge in [-0.3, -0.25) is 0 Å². The van der Waals surface area contributed by atoms with Gasteiger partial charge in [0, 0.05) is 0 Å². The van der Waals surface area contributed by atoms with Gasteiger partial charge < -0.3 is 14.2 Å².